The van der Waals surface area contributed by atoms with Gasteiger partial charge in [0.15, 0.2) is 5.65 Å². The molecule has 0 saturated heterocycles. The minimum absolute atomic E-state index is 0.363. The molecule has 0 radical (unpaired) electrons. The van der Waals surface area contributed by atoms with E-state index in [2.05, 4.69) is 48.0 Å². The third-order valence-corrected chi connectivity index (χ3v) is 5.93. The summed E-state index contributed by atoms with van der Waals surface area (Å²) in [5.74, 6) is -0.363. The van der Waals surface area contributed by atoms with Crippen LogP contribution in [-0.4, -0.2) is 32.5 Å². The molecule has 2 heterocycles. The smallest absolute Gasteiger partial charge is 0.408 e. The highest BCUT2D eigenvalue weighted by atomic mass is 16.6. The van der Waals surface area contributed by atoms with Gasteiger partial charge in [-0.2, -0.15) is 0 Å². The van der Waals surface area contributed by atoms with Crippen molar-refractivity contribution < 1.29 is 14.3 Å². The first-order valence-electron chi connectivity index (χ1n) is 11.8. The molecule has 35 heavy (non-hydrogen) atoms. The minimum atomic E-state index is -1.19. The van der Waals surface area contributed by atoms with Crippen LogP contribution in [0.2, 0.25) is 0 Å². The third-order valence-electron chi connectivity index (χ3n) is 5.93. The second-order valence-corrected chi connectivity index (χ2v) is 10.5. The van der Waals surface area contributed by atoms with E-state index in [1.807, 2.05) is 30.5 Å². The molecular formula is C27H37N5O3. The van der Waals surface area contributed by atoms with E-state index in [0.29, 0.717) is 12.2 Å². The number of aromatic nitrogens is 2. The van der Waals surface area contributed by atoms with E-state index in [9.17, 15) is 9.59 Å². The van der Waals surface area contributed by atoms with Crippen LogP contribution in [-0.2, 0) is 16.1 Å². The van der Waals surface area contributed by atoms with Crippen LogP contribution in [0.4, 0.5) is 16.2 Å². The van der Waals surface area contributed by atoms with Crippen molar-refractivity contribution in [2.45, 2.75) is 80.0 Å². The normalized spacial score (nSPS) is 11.9. The fourth-order valence-corrected chi connectivity index (χ4v) is 3.78. The first kappa shape index (κ1) is 26.1. The van der Waals surface area contributed by atoms with Gasteiger partial charge in [0.25, 0.3) is 0 Å². The average Bonchev–Trinajstić information content (AvgIpc) is 3.00. The van der Waals surface area contributed by atoms with Gasteiger partial charge >= 0.3 is 6.09 Å². The maximum absolute atomic E-state index is 13.1. The highest BCUT2D eigenvalue weighted by Gasteiger charge is 2.32. The van der Waals surface area contributed by atoms with Crippen LogP contribution in [0.25, 0.3) is 5.65 Å². The number of imidazole rings is 1. The van der Waals surface area contributed by atoms with Crippen molar-refractivity contribution in [2.75, 3.05) is 10.6 Å². The van der Waals surface area contributed by atoms with E-state index < -0.39 is 17.2 Å². The number of fused-ring (bicyclic) bond motifs is 1. The van der Waals surface area contributed by atoms with E-state index in [4.69, 9.17) is 9.72 Å². The minimum Gasteiger partial charge on any atom is -0.444 e. The maximum Gasteiger partial charge on any atom is 0.408 e. The molecule has 8 heteroatoms. The number of hydrogen-bond acceptors (Lipinski definition) is 5. The Kier molecular flexibility index (Phi) is 7.15. The largest absolute Gasteiger partial charge is 0.444 e. The molecule has 3 N–H and O–H groups in total. The zero-order valence-electron chi connectivity index (χ0n) is 22.2. The lowest BCUT2D eigenvalue weighted by molar-refractivity contribution is -0.121. The van der Waals surface area contributed by atoms with Crippen LogP contribution in [0.15, 0.2) is 30.5 Å². The monoisotopic (exact) mass is 479 g/mol. The van der Waals surface area contributed by atoms with Gasteiger partial charge in [0.2, 0.25) is 5.91 Å². The molecule has 0 unspecified atom stereocenters. The molecule has 0 aliphatic heterocycles. The average molecular weight is 480 g/mol. The second-order valence-electron chi connectivity index (χ2n) is 10.5. The Morgan fingerprint density at radius 3 is 2.26 bits per heavy atom. The third kappa shape index (κ3) is 6.12. The quantitative estimate of drug-likeness (QED) is 0.439. The number of ether oxygens (including phenoxy) is 1. The van der Waals surface area contributed by atoms with E-state index in [0.717, 1.165) is 22.7 Å². The van der Waals surface area contributed by atoms with Gasteiger partial charge in [-0.05, 0) is 85.1 Å². The van der Waals surface area contributed by atoms with Gasteiger partial charge < -0.3 is 25.1 Å². The van der Waals surface area contributed by atoms with E-state index in [-0.39, 0.29) is 5.91 Å². The van der Waals surface area contributed by atoms with Crippen LogP contribution in [0.1, 0.15) is 62.7 Å². The number of benzene rings is 1. The summed E-state index contributed by atoms with van der Waals surface area (Å²) >= 11 is 0. The number of pyridine rings is 1. The molecule has 8 nitrogen and oxygen atoms in total. The van der Waals surface area contributed by atoms with Crippen LogP contribution in [0.5, 0.6) is 0 Å². The Morgan fingerprint density at radius 2 is 1.66 bits per heavy atom. The molecule has 2 amide bonds. The number of rotatable bonds is 6. The zero-order valence-corrected chi connectivity index (χ0v) is 22.2. The van der Waals surface area contributed by atoms with E-state index in [1.165, 1.54) is 16.7 Å². The molecule has 3 rings (SSSR count). The second kappa shape index (κ2) is 9.60. The molecule has 2 aromatic heterocycles. The summed E-state index contributed by atoms with van der Waals surface area (Å²) in [7, 11) is 0. The first-order chi connectivity index (χ1) is 16.2. The molecule has 1 aromatic carbocycles. The van der Waals surface area contributed by atoms with Crippen LogP contribution < -0.4 is 16.0 Å². The standard InChI is InChI=1S/C27H37N5O3/c1-16-11-10-12-17(2)21(16)14-28-22-13-20(15-32-19(4)18(3)29-23(22)32)30-24(33)27(8,9)31-25(34)35-26(5,6)7/h10-13,15,28H,14H2,1-9H3,(H,30,33)(H,31,34). The summed E-state index contributed by atoms with van der Waals surface area (Å²) < 4.78 is 7.27. The Morgan fingerprint density at radius 1 is 1.03 bits per heavy atom. The number of alkyl carbamates (subject to hydrolysis) is 1. The topological polar surface area (TPSA) is 96.8 Å². The molecule has 188 valence electrons. The van der Waals surface area contributed by atoms with Crippen molar-refractivity contribution in [3.8, 4) is 0 Å². The Hall–Kier alpha value is -3.55. The first-order valence-corrected chi connectivity index (χ1v) is 11.8. The SMILES string of the molecule is Cc1cccc(C)c1CNc1cc(NC(=O)C(C)(C)NC(=O)OC(C)(C)C)cn2c(C)c(C)nc12. The van der Waals surface area contributed by atoms with Crippen molar-refractivity contribution in [1.29, 1.82) is 0 Å². The number of anilines is 2. The van der Waals surface area contributed by atoms with Gasteiger partial charge in [-0.25, -0.2) is 9.78 Å². The lowest BCUT2D eigenvalue weighted by Gasteiger charge is -2.27. The molecule has 0 aliphatic rings. The maximum atomic E-state index is 13.1. The number of nitrogens with zero attached hydrogens (tertiary/aromatic N) is 2. The number of carbonyl (C=O) groups excluding carboxylic acids is 2. The van der Waals surface area contributed by atoms with Crippen molar-refractivity contribution in [3.63, 3.8) is 0 Å². The van der Waals surface area contributed by atoms with Gasteiger partial charge in [-0.15, -0.1) is 0 Å². The highest BCUT2D eigenvalue weighted by molar-refractivity contribution is 6.00. The summed E-state index contributed by atoms with van der Waals surface area (Å²) in [5, 5.41) is 9.11. The van der Waals surface area contributed by atoms with Gasteiger partial charge in [0.1, 0.15) is 11.1 Å². The number of amides is 2. The van der Waals surface area contributed by atoms with Crippen molar-refractivity contribution in [2.24, 2.45) is 0 Å². The van der Waals surface area contributed by atoms with Gasteiger partial charge in [-0.1, -0.05) is 18.2 Å². The molecule has 0 aliphatic carbocycles. The summed E-state index contributed by atoms with van der Waals surface area (Å²) in [5.41, 5.74) is 5.88. The molecule has 0 saturated carbocycles. The number of aryl methyl sites for hydroxylation is 4. The van der Waals surface area contributed by atoms with Crippen LogP contribution in [0.3, 0.4) is 0 Å². The van der Waals surface area contributed by atoms with Crippen molar-refractivity contribution >= 4 is 29.0 Å². The highest BCUT2D eigenvalue weighted by Crippen LogP contribution is 2.26. The molecule has 0 fully saturated rings. The number of carbonyl (C=O) groups is 2. The fraction of sp³-hybridized carbons (Fsp3) is 0.444. The van der Waals surface area contributed by atoms with Crippen molar-refractivity contribution in [3.05, 3.63) is 58.5 Å². The Labute approximate surface area is 207 Å². The fourth-order valence-electron chi connectivity index (χ4n) is 3.78. The van der Waals surface area contributed by atoms with Gasteiger partial charge in [0, 0.05) is 18.4 Å². The summed E-state index contributed by atoms with van der Waals surface area (Å²) in [4.78, 5) is 30.1. The molecule has 3 aromatic rings. The molecule has 0 spiro atoms. The summed E-state index contributed by atoms with van der Waals surface area (Å²) in [6, 6.07) is 8.12. The zero-order chi connectivity index (χ0) is 26.1. The Balaban J connectivity index is 1.88. The van der Waals surface area contributed by atoms with Gasteiger partial charge in [0.05, 0.1) is 17.1 Å². The van der Waals surface area contributed by atoms with E-state index >= 15 is 0 Å². The van der Waals surface area contributed by atoms with E-state index in [1.54, 1.807) is 34.6 Å². The molecule has 0 atom stereocenters. The Bertz CT molecular complexity index is 1250. The number of nitrogens with one attached hydrogen (secondary N) is 3. The predicted octanol–water partition coefficient (Wildman–Crippen LogP) is 5.42. The van der Waals surface area contributed by atoms with Gasteiger partial charge in [-0.3, -0.25) is 4.79 Å². The molecular weight excluding hydrogens is 442 g/mol. The lowest BCUT2D eigenvalue weighted by atomic mass is 10.0. The van der Waals surface area contributed by atoms with Crippen LogP contribution in [0, 0.1) is 27.7 Å². The summed E-state index contributed by atoms with van der Waals surface area (Å²) in [6.45, 7) is 17.4. The lowest BCUT2D eigenvalue weighted by Crippen LogP contribution is -2.53. The summed E-state index contributed by atoms with van der Waals surface area (Å²) in [6.07, 6.45) is 1.20. The number of hydrogen-bond donors (Lipinski definition) is 3. The van der Waals surface area contributed by atoms with Crippen molar-refractivity contribution in [1.82, 2.24) is 14.7 Å². The van der Waals surface area contributed by atoms with Crippen LogP contribution >= 0.6 is 0 Å². The molecule has 0 bridgehead atoms. The predicted molar refractivity (Wildman–Crippen MR) is 140 cm³/mol.